The van der Waals surface area contributed by atoms with E-state index in [1.165, 1.54) is 0 Å². The molecule has 3 heteroatoms. The quantitative estimate of drug-likeness (QED) is 0.673. The summed E-state index contributed by atoms with van der Waals surface area (Å²) in [6, 6.07) is -0.771. The highest BCUT2D eigenvalue weighted by molar-refractivity contribution is 5.16. The molecule has 1 N–H and O–H groups in total. The molecule has 76 valence electrons. The monoisotopic (exact) mass is 189 g/mol. The van der Waals surface area contributed by atoms with E-state index >= 15 is 0 Å². The molecule has 1 rings (SSSR count). The number of nitrogens with one attached hydrogen (secondary N) is 1. The second kappa shape index (κ2) is 4.18. The van der Waals surface area contributed by atoms with Crippen molar-refractivity contribution in [2.24, 2.45) is 0 Å². The lowest BCUT2D eigenvalue weighted by molar-refractivity contribution is -0.00512. The second-order valence-electron chi connectivity index (χ2n) is 3.70. The number of allylic oxidation sites excluding steroid dienone is 1. The Labute approximate surface area is 78.2 Å². The Bertz CT molecular complexity index is 194. The minimum atomic E-state index is -2.65. The number of hydrogen-bond donors (Lipinski definition) is 1. The molecular formula is C10H17F2N. The highest BCUT2D eigenvalue weighted by Gasteiger charge is 2.35. The van der Waals surface area contributed by atoms with Crippen molar-refractivity contribution in [1.29, 1.82) is 0 Å². The molecule has 1 atom stereocenters. The van der Waals surface area contributed by atoms with Gasteiger partial charge in [0.05, 0.1) is 6.04 Å². The third-order valence-corrected chi connectivity index (χ3v) is 2.49. The lowest BCUT2D eigenvalue weighted by Crippen LogP contribution is -2.42. The topological polar surface area (TPSA) is 12.0 Å². The second-order valence-corrected chi connectivity index (χ2v) is 3.70. The molecule has 0 amide bonds. The number of rotatable bonds is 3. The Kier molecular flexibility index (Phi) is 3.42. The summed E-state index contributed by atoms with van der Waals surface area (Å²) < 4.78 is 26.1. The van der Waals surface area contributed by atoms with Gasteiger partial charge >= 0.3 is 0 Å². The SMILES string of the molecule is CNC(C1=CCCCC1)C(C)(F)F. The van der Waals surface area contributed by atoms with Crippen LogP contribution < -0.4 is 5.32 Å². The maximum Gasteiger partial charge on any atom is 0.264 e. The summed E-state index contributed by atoms with van der Waals surface area (Å²) in [5.74, 6) is -2.65. The molecule has 0 saturated heterocycles. The molecule has 1 nitrogen and oxygen atoms in total. The van der Waals surface area contributed by atoms with Crippen LogP contribution in [0, 0.1) is 0 Å². The molecule has 0 fully saturated rings. The standard InChI is InChI=1S/C10H17F2N/c1-10(11,12)9(13-2)8-6-4-3-5-7-8/h6,9,13H,3-5,7H2,1-2H3. The van der Waals surface area contributed by atoms with Gasteiger partial charge < -0.3 is 5.32 Å². The summed E-state index contributed by atoms with van der Waals surface area (Å²) in [5.41, 5.74) is 0.876. The molecule has 0 aromatic heterocycles. The smallest absolute Gasteiger partial charge is 0.264 e. The summed E-state index contributed by atoms with van der Waals surface area (Å²) >= 11 is 0. The van der Waals surface area contributed by atoms with Crippen LogP contribution in [-0.4, -0.2) is 19.0 Å². The first-order chi connectivity index (χ1) is 6.05. The van der Waals surface area contributed by atoms with Crippen molar-refractivity contribution in [2.75, 3.05) is 7.05 Å². The van der Waals surface area contributed by atoms with Crippen molar-refractivity contribution < 1.29 is 8.78 Å². The van der Waals surface area contributed by atoms with Crippen LogP contribution in [0.2, 0.25) is 0 Å². The molecule has 0 aromatic carbocycles. The Hall–Kier alpha value is -0.440. The zero-order valence-electron chi connectivity index (χ0n) is 8.24. The van der Waals surface area contributed by atoms with Crippen LogP contribution in [0.25, 0.3) is 0 Å². The maximum atomic E-state index is 13.1. The van der Waals surface area contributed by atoms with E-state index in [0.717, 1.165) is 38.2 Å². The highest BCUT2D eigenvalue weighted by atomic mass is 19.3. The molecule has 1 aliphatic carbocycles. The van der Waals surface area contributed by atoms with Gasteiger partial charge in [-0.1, -0.05) is 11.6 Å². The average molecular weight is 189 g/mol. The van der Waals surface area contributed by atoms with Crippen molar-refractivity contribution in [1.82, 2.24) is 5.32 Å². The van der Waals surface area contributed by atoms with E-state index in [-0.39, 0.29) is 0 Å². The van der Waals surface area contributed by atoms with E-state index in [1.54, 1.807) is 7.05 Å². The predicted octanol–water partition coefficient (Wildman–Crippen LogP) is 2.73. The summed E-state index contributed by atoms with van der Waals surface area (Å²) in [6.07, 6.45) is 5.90. The van der Waals surface area contributed by atoms with Crippen LogP contribution in [-0.2, 0) is 0 Å². The van der Waals surface area contributed by atoms with Gasteiger partial charge in [0.15, 0.2) is 0 Å². The fraction of sp³-hybridized carbons (Fsp3) is 0.800. The Morgan fingerprint density at radius 3 is 2.54 bits per heavy atom. The van der Waals surface area contributed by atoms with Gasteiger partial charge in [-0.05, 0) is 32.7 Å². The number of likely N-dealkylation sites (N-methyl/N-ethyl adjacent to an activating group) is 1. The van der Waals surface area contributed by atoms with Gasteiger partial charge in [0.25, 0.3) is 5.92 Å². The van der Waals surface area contributed by atoms with Crippen LogP contribution in [0.1, 0.15) is 32.6 Å². The number of hydrogen-bond acceptors (Lipinski definition) is 1. The number of halogens is 2. The first-order valence-corrected chi connectivity index (χ1v) is 4.79. The molecule has 0 aromatic rings. The van der Waals surface area contributed by atoms with Crippen LogP contribution in [0.3, 0.4) is 0 Å². The van der Waals surface area contributed by atoms with E-state index in [2.05, 4.69) is 5.32 Å². The van der Waals surface area contributed by atoms with Crippen molar-refractivity contribution in [3.63, 3.8) is 0 Å². The molecule has 0 spiro atoms. The van der Waals surface area contributed by atoms with Gasteiger partial charge in [0.2, 0.25) is 0 Å². The van der Waals surface area contributed by atoms with Gasteiger partial charge in [-0.3, -0.25) is 0 Å². The van der Waals surface area contributed by atoms with Gasteiger partial charge in [0.1, 0.15) is 0 Å². The molecule has 0 radical (unpaired) electrons. The normalized spacial score (nSPS) is 21.1. The molecule has 0 heterocycles. The lowest BCUT2D eigenvalue weighted by atomic mass is 9.91. The predicted molar refractivity (Wildman–Crippen MR) is 50.0 cm³/mol. The van der Waals surface area contributed by atoms with E-state index in [4.69, 9.17) is 0 Å². The van der Waals surface area contributed by atoms with Crippen molar-refractivity contribution in [3.8, 4) is 0 Å². The number of alkyl halides is 2. The van der Waals surface area contributed by atoms with Crippen molar-refractivity contribution in [3.05, 3.63) is 11.6 Å². The lowest BCUT2D eigenvalue weighted by Gasteiger charge is -2.27. The van der Waals surface area contributed by atoms with Crippen LogP contribution in [0.4, 0.5) is 8.78 Å². The van der Waals surface area contributed by atoms with Crippen LogP contribution in [0.5, 0.6) is 0 Å². The molecular weight excluding hydrogens is 172 g/mol. The minimum absolute atomic E-state index is 0.771. The Morgan fingerprint density at radius 2 is 2.15 bits per heavy atom. The van der Waals surface area contributed by atoms with Crippen LogP contribution >= 0.6 is 0 Å². The molecule has 0 aliphatic heterocycles. The van der Waals surface area contributed by atoms with Crippen molar-refractivity contribution in [2.45, 2.75) is 44.6 Å². The van der Waals surface area contributed by atoms with Gasteiger partial charge in [0, 0.05) is 6.92 Å². The molecule has 0 bridgehead atoms. The summed E-state index contributed by atoms with van der Waals surface area (Å²) in [5, 5.41) is 2.69. The zero-order valence-corrected chi connectivity index (χ0v) is 8.24. The fourth-order valence-electron chi connectivity index (χ4n) is 1.89. The summed E-state index contributed by atoms with van der Waals surface area (Å²) in [4.78, 5) is 0. The van der Waals surface area contributed by atoms with Gasteiger partial charge in [-0.25, -0.2) is 8.78 Å². The summed E-state index contributed by atoms with van der Waals surface area (Å²) in [7, 11) is 1.59. The average Bonchev–Trinajstić information content (AvgIpc) is 2.05. The molecule has 1 aliphatic rings. The Morgan fingerprint density at radius 1 is 1.46 bits per heavy atom. The fourth-order valence-corrected chi connectivity index (χ4v) is 1.89. The Balaban J connectivity index is 2.70. The maximum absolute atomic E-state index is 13.1. The van der Waals surface area contributed by atoms with E-state index < -0.39 is 12.0 Å². The first kappa shape index (κ1) is 10.6. The minimum Gasteiger partial charge on any atom is -0.308 e. The van der Waals surface area contributed by atoms with Gasteiger partial charge in [-0.2, -0.15) is 0 Å². The van der Waals surface area contributed by atoms with E-state index in [0.29, 0.717) is 0 Å². The first-order valence-electron chi connectivity index (χ1n) is 4.79. The zero-order chi connectivity index (χ0) is 9.90. The summed E-state index contributed by atoms with van der Waals surface area (Å²) in [6.45, 7) is 0.976. The molecule has 0 saturated carbocycles. The van der Waals surface area contributed by atoms with E-state index in [9.17, 15) is 8.78 Å². The van der Waals surface area contributed by atoms with Gasteiger partial charge in [-0.15, -0.1) is 0 Å². The molecule has 1 unspecified atom stereocenters. The van der Waals surface area contributed by atoms with E-state index in [1.807, 2.05) is 6.08 Å². The molecule has 13 heavy (non-hydrogen) atoms. The largest absolute Gasteiger partial charge is 0.308 e. The highest BCUT2D eigenvalue weighted by Crippen LogP contribution is 2.29. The third-order valence-electron chi connectivity index (χ3n) is 2.49. The third kappa shape index (κ3) is 2.76. The van der Waals surface area contributed by atoms with Crippen molar-refractivity contribution >= 4 is 0 Å². The van der Waals surface area contributed by atoms with Crippen LogP contribution in [0.15, 0.2) is 11.6 Å².